The van der Waals surface area contributed by atoms with E-state index in [-0.39, 0.29) is 16.8 Å². The van der Waals surface area contributed by atoms with Gasteiger partial charge in [0.2, 0.25) is 0 Å². The van der Waals surface area contributed by atoms with Crippen molar-refractivity contribution in [1.29, 1.82) is 0 Å². The number of carbonyl (C=O) groups is 1. The van der Waals surface area contributed by atoms with E-state index in [2.05, 4.69) is 10.0 Å². The second kappa shape index (κ2) is 9.35. The summed E-state index contributed by atoms with van der Waals surface area (Å²) in [6.45, 7) is 7.75. The first-order valence-electron chi connectivity index (χ1n) is 10.3. The predicted molar refractivity (Wildman–Crippen MR) is 125 cm³/mol. The Kier molecular flexibility index (Phi) is 6.81. The quantitative estimate of drug-likeness (QED) is 0.528. The van der Waals surface area contributed by atoms with E-state index in [9.17, 15) is 13.2 Å². The molecule has 0 fully saturated rings. The molecule has 0 bridgehead atoms. The third-order valence-corrected chi connectivity index (χ3v) is 6.73. The average Bonchev–Trinajstić information content (AvgIpc) is 2.74. The molecular weight excluding hydrogens is 408 g/mol. The Morgan fingerprint density at radius 1 is 0.903 bits per heavy atom. The molecule has 3 aromatic rings. The second-order valence-corrected chi connectivity index (χ2v) is 9.42. The molecule has 31 heavy (non-hydrogen) atoms. The molecule has 0 aliphatic carbocycles. The molecule has 2 N–H and O–H groups in total. The van der Waals surface area contributed by atoms with Crippen molar-refractivity contribution in [2.45, 2.75) is 45.1 Å². The van der Waals surface area contributed by atoms with E-state index in [1.807, 2.05) is 45.0 Å². The van der Waals surface area contributed by atoms with Crippen molar-refractivity contribution in [2.24, 2.45) is 0 Å². The third kappa shape index (κ3) is 5.33. The molecule has 0 radical (unpaired) electrons. The molecule has 1 amide bonds. The summed E-state index contributed by atoms with van der Waals surface area (Å²) in [5, 5.41) is 3.07. The number of benzene rings is 3. The SMILES string of the molecule is CC[C@@H](NC(=O)c1ccc(C)c(NS(=O)(=O)c2ccc(C)cc2)c1)c1ccccc1C. The highest BCUT2D eigenvalue weighted by Crippen LogP contribution is 2.24. The van der Waals surface area contributed by atoms with Gasteiger partial charge >= 0.3 is 0 Å². The van der Waals surface area contributed by atoms with E-state index in [1.165, 1.54) is 0 Å². The number of anilines is 1. The largest absolute Gasteiger partial charge is 0.345 e. The predicted octanol–water partition coefficient (Wildman–Crippen LogP) is 5.29. The van der Waals surface area contributed by atoms with Crippen molar-refractivity contribution in [3.05, 3.63) is 94.5 Å². The summed E-state index contributed by atoms with van der Waals surface area (Å²) >= 11 is 0. The van der Waals surface area contributed by atoms with Crippen LogP contribution in [0.2, 0.25) is 0 Å². The van der Waals surface area contributed by atoms with Gasteiger partial charge in [0.05, 0.1) is 16.6 Å². The number of rotatable bonds is 7. The first kappa shape index (κ1) is 22.6. The summed E-state index contributed by atoms with van der Waals surface area (Å²) in [7, 11) is -3.75. The topological polar surface area (TPSA) is 75.3 Å². The van der Waals surface area contributed by atoms with Gasteiger partial charge in [0.15, 0.2) is 0 Å². The van der Waals surface area contributed by atoms with Crippen molar-refractivity contribution >= 4 is 21.6 Å². The van der Waals surface area contributed by atoms with Gasteiger partial charge in [-0.05, 0) is 68.1 Å². The molecule has 5 nitrogen and oxygen atoms in total. The van der Waals surface area contributed by atoms with Gasteiger partial charge in [-0.3, -0.25) is 9.52 Å². The molecular formula is C25H28N2O3S. The summed E-state index contributed by atoms with van der Waals surface area (Å²) < 4.78 is 28.2. The van der Waals surface area contributed by atoms with E-state index >= 15 is 0 Å². The van der Waals surface area contributed by atoms with Crippen LogP contribution < -0.4 is 10.0 Å². The number of amides is 1. The van der Waals surface area contributed by atoms with Crippen molar-refractivity contribution in [3.8, 4) is 0 Å². The Morgan fingerprint density at radius 2 is 1.58 bits per heavy atom. The van der Waals surface area contributed by atoms with Gasteiger partial charge in [-0.2, -0.15) is 0 Å². The van der Waals surface area contributed by atoms with Crippen LogP contribution in [0.3, 0.4) is 0 Å². The summed E-state index contributed by atoms with van der Waals surface area (Å²) in [5.74, 6) is -0.245. The summed E-state index contributed by atoms with van der Waals surface area (Å²) in [5.41, 5.74) is 4.69. The third-order valence-electron chi connectivity index (χ3n) is 5.35. The van der Waals surface area contributed by atoms with E-state index in [0.29, 0.717) is 11.3 Å². The molecule has 6 heteroatoms. The number of nitrogens with one attached hydrogen (secondary N) is 2. The lowest BCUT2D eigenvalue weighted by Crippen LogP contribution is -2.28. The fraction of sp³-hybridized carbons (Fsp3) is 0.240. The number of carbonyl (C=O) groups excluding carboxylic acids is 1. The molecule has 0 saturated carbocycles. The van der Waals surface area contributed by atoms with Gasteiger partial charge in [-0.1, -0.05) is 55.0 Å². The standard InChI is InChI=1S/C25H28N2O3S/c1-5-23(22-9-7-6-8-18(22)3)26-25(28)20-13-12-19(4)24(16-20)27-31(29,30)21-14-10-17(2)11-15-21/h6-16,23,27H,5H2,1-4H3,(H,26,28)/t23-/m1/s1. The zero-order valence-electron chi connectivity index (χ0n) is 18.3. The zero-order chi connectivity index (χ0) is 22.6. The molecule has 3 rings (SSSR count). The Hall–Kier alpha value is -3.12. The smallest absolute Gasteiger partial charge is 0.261 e. The molecule has 0 saturated heterocycles. The number of hydrogen-bond acceptors (Lipinski definition) is 3. The maximum atomic E-state index is 12.9. The average molecular weight is 437 g/mol. The van der Waals surface area contributed by atoms with E-state index in [1.54, 1.807) is 49.4 Å². The molecule has 1 atom stereocenters. The highest BCUT2D eigenvalue weighted by Gasteiger charge is 2.19. The van der Waals surface area contributed by atoms with Gasteiger partial charge in [-0.25, -0.2) is 8.42 Å². The van der Waals surface area contributed by atoms with Crippen molar-refractivity contribution in [3.63, 3.8) is 0 Å². The van der Waals surface area contributed by atoms with Crippen molar-refractivity contribution < 1.29 is 13.2 Å². The zero-order valence-corrected chi connectivity index (χ0v) is 19.1. The lowest BCUT2D eigenvalue weighted by atomic mass is 9.99. The number of hydrogen-bond donors (Lipinski definition) is 2. The van der Waals surface area contributed by atoms with Crippen LogP contribution in [0.15, 0.2) is 71.6 Å². The van der Waals surface area contributed by atoms with Gasteiger partial charge < -0.3 is 5.32 Å². The number of aryl methyl sites for hydroxylation is 3. The normalized spacial score (nSPS) is 12.3. The maximum Gasteiger partial charge on any atom is 0.261 e. The van der Waals surface area contributed by atoms with E-state index in [4.69, 9.17) is 0 Å². The van der Waals surface area contributed by atoms with Crippen LogP contribution >= 0.6 is 0 Å². The van der Waals surface area contributed by atoms with E-state index < -0.39 is 10.0 Å². The fourth-order valence-electron chi connectivity index (χ4n) is 3.41. The Labute approximate surface area is 184 Å². The Balaban J connectivity index is 1.84. The van der Waals surface area contributed by atoms with E-state index in [0.717, 1.165) is 28.7 Å². The first-order chi connectivity index (χ1) is 14.7. The summed E-state index contributed by atoms with van der Waals surface area (Å²) in [6.07, 6.45) is 0.745. The van der Waals surface area contributed by atoms with Crippen LogP contribution in [0.5, 0.6) is 0 Å². The van der Waals surface area contributed by atoms with Crippen LogP contribution in [0.4, 0.5) is 5.69 Å². The molecule has 162 valence electrons. The van der Waals surface area contributed by atoms with Crippen molar-refractivity contribution in [2.75, 3.05) is 4.72 Å². The summed E-state index contributed by atoms with van der Waals surface area (Å²) in [4.78, 5) is 13.1. The highest BCUT2D eigenvalue weighted by molar-refractivity contribution is 7.92. The van der Waals surface area contributed by atoms with Crippen LogP contribution in [-0.4, -0.2) is 14.3 Å². The van der Waals surface area contributed by atoms with Gasteiger partial charge in [-0.15, -0.1) is 0 Å². The second-order valence-electron chi connectivity index (χ2n) is 7.74. The molecule has 0 heterocycles. The summed E-state index contributed by atoms with van der Waals surface area (Å²) in [6, 6.07) is 19.5. The molecule has 0 aliphatic rings. The molecule has 0 spiro atoms. The number of sulfonamides is 1. The van der Waals surface area contributed by atoms with Crippen LogP contribution in [0.1, 0.15) is 52.0 Å². The minimum Gasteiger partial charge on any atom is -0.345 e. The highest BCUT2D eigenvalue weighted by atomic mass is 32.2. The molecule has 0 aliphatic heterocycles. The molecule has 0 unspecified atom stereocenters. The minimum atomic E-state index is -3.75. The minimum absolute atomic E-state index is 0.122. The van der Waals surface area contributed by atoms with Crippen molar-refractivity contribution in [1.82, 2.24) is 5.32 Å². The van der Waals surface area contributed by atoms with Crippen LogP contribution in [0.25, 0.3) is 0 Å². The molecule has 3 aromatic carbocycles. The van der Waals surface area contributed by atoms with Gasteiger partial charge in [0.1, 0.15) is 0 Å². The van der Waals surface area contributed by atoms with Crippen LogP contribution in [-0.2, 0) is 10.0 Å². The van der Waals surface area contributed by atoms with Gasteiger partial charge in [0.25, 0.3) is 15.9 Å². The monoisotopic (exact) mass is 436 g/mol. The van der Waals surface area contributed by atoms with Crippen LogP contribution in [0, 0.1) is 20.8 Å². The van der Waals surface area contributed by atoms with Gasteiger partial charge in [0, 0.05) is 5.56 Å². The maximum absolute atomic E-state index is 12.9. The fourth-order valence-corrected chi connectivity index (χ4v) is 4.54. The lowest BCUT2D eigenvalue weighted by molar-refractivity contribution is 0.0935. The lowest BCUT2D eigenvalue weighted by Gasteiger charge is -2.20. The molecule has 0 aromatic heterocycles. The first-order valence-corrected chi connectivity index (χ1v) is 11.8. The Morgan fingerprint density at radius 3 is 2.23 bits per heavy atom. The Bertz CT molecular complexity index is 1190.